The smallest absolute Gasteiger partial charge is 0.241 e. The van der Waals surface area contributed by atoms with Gasteiger partial charge in [0.05, 0.1) is 10.4 Å². The molecule has 21 heavy (non-hydrogen) atoms. The number of sulfonamides is 1. The number of nitrogens with one attached hydrogen (secondary N) is 1. The first-order chi connectivity index (χ1) is 9.85. The van der Waals surface area contributed by atoms with E-state index in [2.05, 4.69) is 9.71 Å². The lowest BCUT2D eigenvalue weighted by molar-refractivity contribution is 0.470. The number of benzene rings is 1. The van der Waals surface area contributed by atoms with Crippen molar-refractivity contribution in [2.75, 3.05) is 6.54 Å². The van der Waals surface area contributed by atoms with Crippen LogP contribution < -0.4 is 10.5 Å². The molecule has 1 heterocycles. The van der Waals surface area contributed by atoms with Crippen LogP contribution in [0, 0.1) is 0 Å². The van der Waals surface area contributed by atoms with Crippen molar-refractivity contribution >= 4 is 21.4 Å². The van der Waals surface area contributed by atoms with E-state index in [0.717, 1.165) is 17.0 Å². The van der Waals surface area contributed by atoms with E-state index in [0.29, 0.717) is 6.54 Å². The Balaban J connectivity index is 2.22. The summed E-state index contributed by atoms with van der Waals surface area (Å²) in [7, 11) is -3.59. The van der Waals surface area contributed by atoms with Crippen molar-refractivity contribution < 1.29 is 8.42 Å². The maximum Gasteiger partial charge on any atom is 0.241 e. The van der Waals surface area contributed by atoms with Crippen LogP contribution in [0.3, 0.4) is 0 Å². The molecule has 114 valence electrons. The molecular weight excluding hydrogens is 306 g/mol. The molecule has 0 aliphatic rings. The highest BCUT2D eigenvalue weighted by molar-refractivity contribution is 7.89. The molecule has 7 heteroatoms. The molecule has 0 saturated carbocycles. The summed E-state index contributed by atoms with van der Waals surface area (Å²) in [6.45, 7) is 4.14. The van der Waals surface area contributed by atoms with Gasteiger partial charge in [0.25, 0.3) is 0 Å². The summed E-state index contributed by atoms with van der Waals surface area (Å²) in [5, 5.41) is 2.55. The normalized spacial score (nSPS) is 12.5. The van der Waals surface area contributed by atoms with Gasteiger partial charge in [0.15, 0.2) is 0 Å². The van der Waals surface area contributed by atoms with Crippen molar-refractivity contribution in [3.63, 3.8) is 0 Å². The van der Waals surface area contributed by atoms with E-state index < -0.39 is 15.6 Å². The molecule has 0 spiro atoms. The largest absolute Gasteiger partial charge is 0.330 e. The van der Waals surface area contributed by atoms with E-state index in [1.807, 2.05) is 5.38 Å². The van der Waals surface area contributed by atoms with Crippen LogP contribution in [0.25, 0.3) is 0 Å². The molecule has 0 unspecified atom stereocenters. The molecule has 0 aliphatic heterocycles. The molecule has 0 radical (unpaired) electrons. The Hall–Kier alpha value is -1.28. The van der Waals surface area contributed by atoms with E-state index in [9.17, 15) is 8.42 Å². The second-order valence-corrected chi connectivity index (χ2v) is 7.83. The number of aromatic nitrogens is 1. The zero-order valence-corrected chi connectivity index (χ0v) is 13.7. The van der Waals surface area contributed by atoms with Gasteiger partial charge in [0, 0.05) is 11.6 Å². The first-order valence-electron chi connectivity index (χ1n) is 6.58. The van der Waals surface area contributed by atoms with E-state index in [-0.39, 0.29) is 4.90 Å². The van der Waals surface area contributed by atoms with Gasteiger partial charge in [-0.25, -0.2) is 13.4 Å². The zero-order valence-electron chi connectivity index (χ0n) is 12.0. The number of hydrogen-bond donors (Lipinski definition) is 2. The highest BCUT2D eigenvalue weighted by Crippen LogP contribution is 2.24. The SMILES string of the molecule is CC(C)(NS(=O)(=O)c1ccc(CCN)cc1)c1nccs1. The fourth-order valence-corrected chi connectivity index (χ4v) is 4.14. The molecule has 1 aromatic heterocycles. The standard InChI is InChI=1S/C14H19N3O2S2/c1-14(2,13-16-9-10-20-13)17-21(18,19)12-5-3-11(4-6-12)7-8-15/h3-6,9-10,17H,7-8,15H2,1-2H3. The summed E-state index contributed by atoms with van der Waals surface area (Å²) >= 11 is 1.42. The average Bonchev–Trinajstić information content (AvgIpc) is 2.93. The van der Waals surface area contributed by atoms with Crippen LogP contribution in [0.1, 0.15) is 24.4 Å². The van der Waals surface area contributed by atoms with Crippen molar-refractivity contribution in [2.24, 2.45) is 5.73 Å². The molecule has 0 amide bonds. The summed E-state index contributed by atoms with van der Waals surface area (Å²) < 4.78 is 27.6. The topological polar surface area (TPSA) is 85.1 Å². The van der Waals surface area contributed by atoms with Gasteiger partial charge in [-0.05, 0) is 44.5 Å². The van der Waals surface area contributed by atoms with Gasteiger partial charge in [-0.3, -0.25) is 0 Å². The van der Waals surface area contributed by atoms with Crippen molar-refractivity contribution in [1.29, 1.82) is 0 Å². The maximum absolute atomic E-state index is 12.5. The third-order valence-corrected chi connectivity index (χ3v) is 5.79. The Morgan fingerprint density at radius 3 is 2.48 bits per heavy atom. The van der Waals surface area contributed by atoms with Crippen molar-refractivity contribution in [1.82, 2.24) is 9.71 Å². The molecule has 1 aromatic carbocycles. The molecule has 3 N–H and O–H groups in total. The lowest BCUT2D eigenvalue weighted by atomic mass is 10.1. The summed E-state index contributed by atoms with van der Waals surface area (Å²) in [4.78, 5) is 4.43. The Morgan fingerprint density at radius 2 is 1.95 bits per heavy atom. The average molecular weight is 325 g/mol. The number of nitrogens with zero attached hydrogens (tertiary/aromatic N) is 1. The second-order valence-electron chi connectivity index (χ2n) is 5.25. The molecule has 5 nitrogen and oxygen atoms in total. The molecule has 0 saturated heterocycles. The van der Waals surface area contributed by atoms with E-state index in [1.165, 1.54) is 11.3 Å². The van der Waals surface area contributed by atoms with E-state index >= 15 is 0 Å². The molecule has 0 aliphatic carbocycles. The molecule has 0 fully saturated rings. The van der Waals surface area contributed by atoms with Crippen molar-refractivity contribution in [3.8, 4) is 0 Å². The molecule has 2 aromatic rings. The Bertz CT molecular complexity index is 678. The third-order valence-electron chi connectivity index (χ3n) is 3.02. The fraction of sp³-hybridized carbons (Fsp3) is 0.357. The predicted octanol–water partition coefficient (Wildman–Crippen LogP) is 1.86. The maximum atomic E-state index is 12.5. The minimum absolute atomic E-state index is 0.243. The Labute approximate surface area is 129 Å². The van der Waals surface area contributed by atoms with Crippen LogP contribution in [-0.4, -0.2) is 19.9 Å². The minimum Gasteiger partial charge on any atom is -0.330 e. The molecule has 0 bridgehead atoms. The molecular formula is C14H19N3O2S2. The van der Waals surface area contributed by atoms with Gasteiger partial charge >= 0.3 is 0 Å². The van der Waals surface area contributed by atoms with Crippen LogP contribution in [0.2, 0.25) is 0 Å². The van der Waals surface area contributed by atoms with Gasteiger partial charge in [-0.1, -0.05) is 12.1 Å². The summed E-state index contributed by atoms with van der Waals surface area (Å²) in [6, 6.07) is 6.78. The van der Waals surface area contributed by atoms with Crippen molar-refractivity contribution in [2.45, 2.75) is 30.7 Å². The summed E-state index contributed by atoms with van der Waals surface area (Å²) in [6.07, 6.45) is 2.40. The first kappa shape index (κ1) is 16.1. The number of thiazole rings is 1. The van der Waals surface area contributed by atoms with Gasteiger partial charge in [0.2, 0.25) is 10.0 Å². The van der Waals surface area contributed by atoms with Gasteiger partial charge in [0.1, 0.15) is 5.01 Å². The van der Waals surface area contributed by atoms with Crippen LogP contribution in [0.5, 0.6) is 0 Å². The van der Waals surface area contributed by atoms with Gasteiger partial charge < -0.3 is 5.73 Å². The third kappa shape index (κ3) is 3.88. The van der Waals surface area contributed by atoms with Gasteiger partial charge in [-0.15, -0.1) is 11.3 Å². The lowest BCUT2D eigenvalue weighted by Crippen LogP contribution is -2.40. The van der Waals surface area contributed by atoms with Crippen LogP contribution in [0.15, 0.2) is 40.7 Å². The quantitative estimate of drug-likeness (QED) is 0.849. The number of hydrogen-bond acceptors (Lipinski definition) is 5. The number of rotatable bonds is 6. The molecule has 0 atom stereocenters. The fourth-order valence-electron chi connectivity index (χ4n) is 1.97. The van der Waals surface area contributed by atoms with Crippen LogP contribution in [0.4, 0.5) is 0 Å². The molecule has 2 rings (SSSR count). The predicted molar refractivity (Wildman–Crippen MR) is 84.7 cm³/mol. The van der Waals surface area contributed by atoms with Crippen molar-refractivity contribution in [3.05, 3.63) is 46.4 Å². The number of nitrogens with two attached hydrogens (primary N) is 1. The summed E-state index contributed by atoms with van der Waals surface area (Å²) in [5.41, 5.74) is 5.76. The van der Waals surface area contributed by atoms with E-state index in [1.54, 1.807) is 44.3 Å². The first-order valence-corrected chi connectivity index (χ1v) is 8.94. The minimum atomic E-state index is -3.59. The van der Waals surface area contributed by atoms with Crippen LogP contribution in [-0.2, 0) is 22.0 Å². The highest BCUT2D eigenvalue weighted by Gasteiger charge is 2.29. The highest BCUT2D eigenvalue weighted by atomic mass is 32.2. The van der Waals surface area contributed by atoms with E-state index in [4.69, 9.17) is 5.73 Å². The Morgan fingerprint density at radius 1 is 1.29 bits per heavy atom. The monoisotopic (exact) mass is 325 g/mol. The zero-order chi connectivity index (χ0) is 15.5. The lowest BCUT2D eigenvalue weighted by Gasteiger charge is -2.23. The van der Waals surface area contributed by atoms with Crippen LogP contribution >= 0.6 is 11.3 Å². The second kappa shape index (κ2) is 6.23. The Kier molecular flexibility index (Phi) is 4.77. The van der Waals surface area contributed by atoms with Gasteiger partial charge in [-0.2, -0.15) is 4.72 Å². The summed E-state index contributed by atoms with van der Waals surface area (Å²) in [5.74, 6) is 0.